The van der Waals surface area contributed by atoms with E-state index in [4.69, 9.17) is 15.2 Å². The molecule has 7 nitrogen and oxygen atoms in total. The third-order valence-electron chi connectivity index (χ3n) is 8.76. The van der Waals surface area contributed by atoms with E-state index in [0.717, 1.165) is 65.8 Å². The molecule has 1 aliphatic carbocycles. The zero-order valence-corrected chi connectivity index (χ0v) is 24.8. The van der Waals surface area contributed by atoms with Crippen LogP contribution in [-0.2, 0) is 16.0 Å². The van der Waals surface area contributed by atoms with E-state index >= 15 is 0 Å². The molecule has 1 aromatic heterocycles. The summed E-state index contributed by atoms with van der Waals surface area (Å²) >= 11 is 0. The van der Waals surface area contributed by atoms with Gasteiger partial charge in [0.1, 0.15) is 17.7 Å². The molecule has 0 bridgehead atoms. The second-order valence-electron chi connectivity index (χ2n) is 11.6. The Labute approximate surface area is 248 Å². The molecule has 42 heavy (non-hydrogen) atoms. The number of hydrogen-bond donors (Lipinski definition) is 1. The molecule has 1 aliphatic heterocycles. The van der Waals surface area contributed by atoms with Gasteiger partial charge in [0.2, 0.25) is 0 Å². The number of ether oxygens (including phenoxy) is 2. The van der Waals surface area contributed by atoms with Gasteiger partial charge in [-0.3, -0.25) is 14.6 Å². The van der Waals surface area contributed by atoms with E-state index in [1.807, 2.05) is 37.3 Å². The van der Waals surface area contributed by atoms with Crippen LogP contribution >= 0.6 is 0 Å². The molecule has 4 aromatic rings. The predicted molar refractivity (Wildman–Crippen MR) is 167 cm³/mol. The van der Waals surface area contributed by atoms with Gasteiger partial charge in [-0.05, 0) is 72.7 Å². The van der Waals surface area contributed by atoms with Crippen LogP contribution in [-0.4, -0.2) is 59.6 Å². The highest BCUT2D eigenvalue weighted by Crippen LogP contribution is 2.46. The highest BCUT2D eigenvalue weighted by molar-refractivity contribution is 5.94. The van der Waals surface area contributed by atoms with E-state index in [1.165, 1.54) is 11.1 Å². The van der Waals surface area contributed by atoms with Crippen LogP contribution in [0.5, 0.6) is 5.75 Å². The van der Waals surface area contributed by atoms with Crippen LogP contribution in [0.2, 0.25) is 0 Å². The average molecular weight is 565 g/mol. The normalized spacial score (nSPS) is 19.2. The van der Waals surface area contributed by atoms with Crippen molar-refractivity contribution in [2.75, 3.05) is 38.5 Å². The molecule has 6 rings (SSSR count). The number of fused-ring (bicyclic) bond motifs is 2. The molecule has 0 saturated carbocycles. The fourth-order valence-electron chi connectivity index (χ4n) is 6.47. The maximum absolute atomic E-state index is 12.4. The fourth-order valence-corrected chi connectivity index (χ4v) is 6.47. The van der Waals surface area contributed by atoms with Crippen molar-refractivity contribution < 1.29 is 14.3 Å². The molecule has 0 radical (unpaired) electrons. The lowest BCUT2D eigenvalue weighted by Gasteiger charge is -2.40. The average Bonchev–Trinajstić information content (AvgIpc) is 3.36. The van der Waals surface area contributed by atoms with Crippen LogP contribution < -0.4 is 10.5 Å². The summed E-state index contributed by atoms with van der Waals surface area (Å²) in [4.78, 5) is 21.8. The van der Waals surface area contributed by atoms with Crippen LogP contribution in [0, 0.1) is 0 Å². The highest BCUT2D eigenvalue weighted by atomic mass is 16.5. The number of rotatable bonds is 8. The van der Waals surface area contributed by atoms with Crippen molar-refractivity contribution in [3.05, 3.63) is 89.6 Å². The van der Waals surface area contributed by atoms with Crippen molar-refractivity contribution in [3.8, 4) is 16.9 Å². The predicted octanol–water partition coefficient (Wildman–Crippen LogP) is 6.18. The molecule has 1 saturated heterocycles. The monoisotopic (exact) mass is 564 g/mol. The summed E-state index contributed by atoms with van der Waals surface area (Å²) in [7, 11) is 0. The third kappa shape index (κ3) is 5.72. The first-order valence-electron chi connectivity index (χ1n) is 15.1. The van der Waals surface area contributed by atoms with Crippen LogP contribution in [0.25, 0.3) is 21.9 Å². The molecule has 0 spiro atoms. The minimum Gasteiger partial charge on any atom is -0.485 e. The van der Waals surface area contributed by atoms with E-state index in [0.29, 0.717) is 18.5 Å². The first kappa shape index (κ1) is 28.2. The molecule has 2 heterocycles. The molecule has 1 fully saturated rings. The number of pyridine rings is 1. The number of esters is 1. The number of para-hydroxylation sites is 1. The Morgan fingerprint density at radius 2 is 1.74 bits per heavy atom. The summed E-state index contributed by atoms with van der Waals surface area (Å²) in [6, 6.07) is 23.8. The lowest BCUT2D eigenvalue weighted by molar-refractivity contribution is -0.142. The number of nitrogens with two attached hydrogens (primary N) is 1. The Morgan fingerprint density at radius 1 is 0.976 bits per heavy atom. The number of carbonyl (C=O) groups is 1. The minimum absolute atomic E-state index is 0.136. The van der Waals surface area contributed by atoms with Crippen molar-refractivity contribution in [2.24, 2.45) is 0 Å². The number of nitrogens with zero attached hydrogens (tertiary/aromatic N) is 3. The van der Waals surface area contributed by atoms with Gasteiger partial charge in [0.15, 0.2) is 0 Å². The second-order valence-corrected chi connectivity index (χ2v) is 11.6. The summed E-state index contributed by atoms with van der Waals surface area (Å²) in [5.74, 6) is 1.03. The van der Waals surface area contributed by atoms with E-state index in [1.54, 1.807) is 6.20 Å². The molecule has 7 heteroatoms. The maximum atomic E-state index is 12.4. The quantitative estimate of drug-likeness (QED) is 0.256. The van der Waals surface area contributed by atoms with E-state index in [2.05, 4.69) is 65.0 Å². The third-order valence-corrected chi connectivity index (χ3v) is 8.76. The van der Waals surface area contributed by atoms with E-state index in [-0.39, 0.29) is 24.5 Å². The molecule has 218 valence electrons. The number of carbonyl (C=O) groups excluding carboxylic acids is 1. The molecular weight excluding hydrogens is 524 g/mol. The van der Waals surface area contributed by atoms with E-state index in [9.17, 15) is 4.79 Å². The first-order valence-corrected chi connectivity index (χ1v) is 15.1. The molecule has 2 aliphatic rings. The van der Waals surface area contributed by atoms with E-state index < -0.39 is 0 Å². The second kappa shape index (κ2) is 12.1. The maximum Gasteiger partial charge on any atom is 0.310 e. The molecule has 0 amide bonds. The Kier molecular flexibility index (Phi) is 8.13. The Hall–Kier alpha value is -3.94. The van der Waals surface area contributed by atoms with Crippen molar-refractivity contribution in [2.45, 2.75) is 51.8 Å². The van der Waals surface area contributed by atoms with Crippen molar-refractivity contribution in [3.63, 3.8) is 0 Å². The van der Waals surface area contributed by atoms with Crippen LogP contribution in [0.3, 0.4) is 0 Å². The molecule has 3 aromatic carbocycles. The number of aromatic nitrogens is 1. The summed E-state index contributed by atoms with van der Waals surface area (Å²) < 4.78 is 12.0. The van der Waals surface area contributed by atoms with Gasteiger partial charge in [-0.1, -0.05) is 42.5 Å². The lowest BCUT2D eigenvalue weighted by atomic mass is 9.97. The van der Waals surface area contributed by atoms with Gasteiger partial charge >= 0.3 is 5.97 Å². The number of nitrogen functional groups attached to an aromatic ring is 1. The zero-order chi connectivity index (χ0) is 29.2. The topological polar surface area (TPSA) is 80.9 Å². The van der Waals surface area contributed by atoms with Crippen LogP contribution in [0.15, 0.2) is 72.9 Å². The SMILES string of the molecule is CCOC(=O)Cc1ccccc1OC1CC(N2CCN(C(C)C)CC2)c2ccc(-c3ccc4ccnc(N)c4c3)cc21. The van der Waals surface area contributed by atoms with Gasteiger partial charge < -0.3 is 15.2 Å². The Balaban J connectivity index is 1.34. The van der Waals surface area contributed by atoms with Crippen LogP contribution in [0.1, 0.15) is 56.0 Å². The first-order chi connectivity index (χ1) is 20.4. The van der Waals surface area contributed by atoms with Crippen molar-refractivity contribution >= 4 is 22.6 Å². The zero-order valence-electron chi connectivity index (χ0n) is 24.8. The lowest BCUT2D eigenvalue weighted by Crippen LogP contribution is -2.49. The number of piperazine rings is 1. The standard InChI is InChI=1S/C35H40N4O3/c1-4-41-34(40)21-27-7-5-6-8-32(27)42-33-22-31(39-17-15-38(16-18-39)23(2)3)28-12-11-26(20-30(28)33)25-10-9-24-13-14-37-35(36)29(24)19-25/h5-14,19-20,23,31,33H,4,15-18,21-22H2,1-3H3,(H2,36,37). The highest BCUT2D eigenvalue weighted by Gasteiger charge is 2.38. The minimum atomic E-state index is -0.242. The van der Waals surface area contributed by atoms with Gasteiger partial charge in [0.25, 0.3) is 0 Å². The van der Waals surface area contributed by atoms with Crippen molar-refractivity contribution in [1.29, 1.82) is 0 Å². The van der Waals surface area contributed by atoms with Gasteiger partial charge in [-0.2, -0.15) is 0 Å². The molecular formula is C35H40N4O3. The number of anilines is 1. The summed E-state index contributed by atoms with van der Waals surface area (Å²) in [5.41, 5.74) is 11.8. The van der Waals surface area contributed by atoms with Gasteiger partial charge in [0, 0.05) is 61.8 Å². The van der Waals surface area contributed by atoms with Crippen molar-refractivity contribution in [1.82, 2.24) is 14.8 Å². The molecule has 2 N–H and O–H groups in total. The number of benzene rings is 3. The molecule has 2 unspecified atom stereocenters. The smallest absolute Gasteiger partial charge is 0.310 e. The Morgan fingerprint density at radius 3 is 2.52 bits per heavy atom. The van der Waals surface area contributed by atoms with Gasteiger partial charge in [-0.15, -0.1) is 0 Å². The van der Waals surface area contributed by atoms with Gasteiger partial charge in [0.05, 0.1) is 13.0 Å². The largest absolute Gasteiger partial charge is 0.485 e. The Bertz CT molecular complexity index is 1580. The molecule has 2 atom stereocenters. The van der Waals surface area contributed by atoms with Gasteiger partial charge in [-0.25, -0.2) is 4.98 Å². The summed E-state index contributed by atoms with van der Waals surface area (Å²) in [6.45, 7) is 11.0. The fraction of sp³-hybridized carbons (Fsp3) is 0.371. The summed E-state index contributed by atoms with van der Waals surface area (Å²) in [5, 5.41) is 2.03. The summed E-state index contributed by atoms with van der Waals surface area (Å²) in [6.07, 6.45) is 2.67. The van der Waals surface area contributed by atoms with Crippen LogP contribution in [0.4, 0.5) is 5.82 Å². The number of hydrogen-bond acceptors (Lipinski definition) is 7.